The van der Waals surface area contributed by atoms with E-state index >= 15 is 0 Å². The zero-order chi connectivity index (χ0) is 9.99. The third kappa shape index (κ3) is 2.20. The zero-order valence-electron chi connectivity index (χ0n) is 9.81. The number of nitrogens with zero attached hydrogens (tertiary/aromatic N) is 2. The van der Waals surface area contributed by atoms with Crippen molar-refractivity contribution in [2.45, 2.75) is 33.4 Å². The van der Waals surface area contributed by atoms with E-state index in [2.05, 4.69) is 53.7 Å². The molecule has 0 bridgehead atoms. The van der Waals surface area contributed by atoms with Crippen molar-refractivity contribution in [3.63, 3.8) is 0 Å². The van der Waals surface area contributed by atoms with Crippen molar-refractivity contribution in [2.75, 3.05) is 34.2 Å². The van der Waals surface area contributed by atoms with Crippen LogP contribution in [0, 0.1) is 0 Å². The molecule has 0 fully saturated rings. The number of hydrogen-bond donors (Lipinski definition) is 0. The normalized spacial score (nSPS) is 14.0. The molecule has 0 atom stereocenters. The molecule has 0 aromatic carbocycles. The quantitative estimate of drug-likeness (QED) is 0.462. The summed E-state index contributed by atoms with van der Waals surface area (Å²) in [6, 6.07) is 0. The van der Waals surface area contributed by atoms with E-state index in [0.29, 0.717) is 0 Å². The zero-order valence-corrected chi connectivity index (χ0v) is 9.81. The molecule has 0 aromatic heterocycles. The third-order valence-electron chi connectivity index (χ3n) is 3.18. The highest BCUT2D eigenvalue weighted by molar-refractivity contribution is 4.68. The Morgan fingerprint density at radius 2 is 1.33 bits per heavy atom. The molecule has 74 valence electrons. The summed E-state index contributed by atoms with van der Waals surface area (Å²) >= 11 is 0. The largest absolute Gasteiger partial charge is 0.314 e. The van der Waals surface area contributed by atoms with E-state index in [1.54, 1.807) is 0 Å². The molecule has 12 heavy (non-hydrogen) atoms. The fourth-order valence-electron chi connectivity index (χ4n) is 1.42. The number of rotatable bonds is 4. The molecule has 0 spiro atoms. The van der Waals surface area contributed by atoms with Gasteiger partial charge in [-0.05, 0) is 0 Å². The van der Waals surface area contributed by atoms with Crippen LogP contribution in [-0.2, 0) is 0 Å². The molecule has 0 aliphatic heterocycles. The fraction of sp³-hybridized carbons (Fsp3) is 1.00. The summed E-state index contributed by atoms with van der Waals surface area (Å²) in [6.07, 6.45) is 0. The van der Waals surface area contributed by atoms with Crippen molar-refractivity contribution in [3.05, 3.63) is 0 Å². The lowest BCUT2D eigenvalue weighted by Crippen LogP contribution is -2.63. The Kier molecular flexibility index (Phi) is 3.73. The molecule has 0 aromatic rings. The highest BCUT2D eigenvalue weighted by atomic mass is 15.5. The van der Waals surface area contributed by atoms with Gasteiger partial charge < -0.3 is 4.48 Å². The van der Waals surface area contributed by atoms with E-state index in [0.717, 1.165) is 17.6 Å². The average molecular weight is 173 g/mol. The van der Waals surface area contributed by atoms with Gasteiger partial charge in [0.05, 0.1) is 21.1 Å². The van der Waals surface area contributed by atoms with Crippen LogP contribution in [0.15, 0.2) is 0 Å². The monoisotopic (exact) mass is 173 g/mol. The van der Waals surface area contributed by atoms with E-state index in [4.69, 9.17) is 0 Å². The van der Waals surface area contributed by atoms with Gasteiger partial charge in [0.25, 0.3) is 0 Å². The molecule has 0 N–H and O–H groups in total. The predicted molar refractivity (Wildman–Crippen MR) is 55.0 cm³/mol. The molecular formula is C10H25N2+. The first-order valence-corrected chi connectivity index (χ1v) is 4.84. The van der Waals surface area contributed by atoms with Crippen molar-refractivity contribution >= 4 is 0 Å². The predicted octanol–water partition coefficient (Wildman–Crippen LogP) is 1.77. The van der Waals surface area contributed by atoms with Crippen LogP contribution in [0.3, 0.4) is 0 Å². The summed E-state index contributed by atoms with van der Waals surface area (Å²) < 4.78 is 0.981. The first kappa shape index (κ1) is 11.9. The summed E-state index contributed by atoms with van der Waals surface area (Å²) in [7, 11) is 6.75. The Morgan fingerprint density at radius 3 is 1.42 bits per heavy atom. The molecule has 0 aliphatic rings. The molecule has 0 heterocycles. The van der Waals surface area contributed by atoms with Gasteiger partial charge in [-0.1, -0.05) is 13.8 Å². The molecule has 0 saturated heterocycles. The van der Waals surface area contributed by atoms with Crippen LogP contribution >= 0.6 is 0 Å². The minimum absolute atomic E-state index is 0.226. The maximum Gasteiger partial charge on any atom is 0.149 e. The van der Waals surface area contributed by atoms with Crippen LogP contribution in [0.1, 0.15) is 27.7 Å². The van der Waals surface area contributed by atoms with E-state index < -0.39 is 0 Å². The molecular weight excluding hydrogens is 148 g/mol. The van der Waals surface area contributed by atoms with Crippen LogP contribution in [-0.4, -0.2) is 49.3 Å². The molecule has 0 amide bonds. The van der Waals surface area contributed by atoms with E-state index in [1.807, 2.05) is 0 Å². The SMILES string of the molecule is CCN(CC)C(C)(C)[N+](C)(C)C. The first-order valence-electron chi connectivity index (χ1n) is 4.84. The Labute approximate surface area is 77.8 Å². The highest BCUT2D eigenvalue weighted by Gasteiger charge is 2.37. The van der Waals surface area contributed by atoms with Crippen LogP contribution in [0.5, 0.6) is 0 Å². The van der Waals surface area contributed by atoms with Crippen molar-refractivity contribution in [2.24, 2.45) is 0 Å². The maximum atomic E-state index is 2.49. The molecule has 0 aliphatic carbocycles. The van der Waals surface area contributed by atoms with Crippen LogP contribution in [0.2, 0.25) is 0 Å². The van der Waals surface area contributed by atoms with Crippen molar-refractivity contribution in [1.82, 2.24) is 4.90 Å². The summed E-state index contributed by atoms with van der Waals surface area (Å²) in [4.78, 5) is 2.49. The lowest BCUT2D eigenvalue weighted by Gasteiger charge is -2.47. The van der Waals surface area contributed by atoms with Crippen LogP contribution in [0.4, 0.5) is 0 Å². The number of quaternary nitrogens is 1. The van der Waals surface area contributed by atoms with Gasteiger partial charge >= 0.3 is 0 Å². The minimum Gasteiger partial charge on any atom is -0.314 e. The Balaban J connectivity index is 4.57. The molecule has 0 rings (SSSR count). The third-order valence-corrected chi connectivity index (χ3v) is 3.18. The summed E-state index contributed by atoms with van der Waals surface area (Å²) in [5, 5.41) is 0. The van der Waals surface area contributed by atoms with Crippen LogP contribution in [0.25, 0.3) is 0 Å². The van der Waals surface area contributed by atoms with E-state index in [1.165, 1.54) is 0 Å². The lowest BCUT2D eigenvalue weighted by atomic mass is 10.1. The minimum atomic E-state index is 0.226. The Bertz CT molecular complexity index is 129. The van der Waals surface area contributed by atoms with Gasteiger partial charge in [-0.15, -0.1) is 0 Å². The highest BCUT2D eigenvalue weighted by Crippen LogP contribution is 2.21. The summed E-state index contributed by atoms with van der Waals surface area (Å²) in [5.41, 5.74) is 0.226. The average Bonchev–Trinajstić information content (AvgIpc) is 1.87. The smallest absolute Gasteiger partial charge is 0.149 e. The second kappa shape index (κ2) is 3.75. The molecule has 0 radical (unpaired) electrons. The van der Waals surface area contributed by atoms with Gasteiger partial charge in [0.1, 0.15) is 5.66 Å². The van der Waals surface area contributed by atoms with Crippen molar-refractivity contribution in [1.29, 1.82) is 0 Å². The number of hydrogen-bond acceptors (Lipinski definition) is 1. The van der Waals surface area contributed by atoms with Gasteiger partial charge in [-0.25, -0.2) is 0 Å². The van der Waals surface area contributed by atoms with Crippen molar-refractivity contribution < 1.29 is 4.48 Å². The van der Waals surface area contributed by atoms with Gasteiger partial charge in [-0.2, -0.15) is 0 Å². The fourth-order valence-corrected chi connectivity index (χ4v) is 1.42. The second-order valence-electron chi connectivity index (χ2n) is 4.68. The standard InChI is InChI=1S/C10H25N2/c1-8-11(9-2)10(3,4)12(5,6)7/h8-9H2,1-7H3/q+1. The molecule has 0 saturated carbocycles. The molecule has 0 unspecified atom stereocenters. The van der Waals surface area contributed by atoms with Gasteiger partial charge in [0.2, 0.25) is 0 Å². The van der Waals surface area contributed by atoms with E-state index in [9.17, 15) is 0 Å². The van der Waals surface area contributed by atoms with E-state index in [-0.39, 0.29) is 5.66 Å². The topological polar surface area (TPSA) is 3.24 Å². The Hall–Kier alpha value is -0.0800. The summed E-state index contributed by atoms with van der Waals surface area (Å²) in [5.74, 6) is 0. The molecule has 2 nitrogen and oxygen atoms in total. The van der Waals surface area contributed by atoms with Gasteiger partial charge in [-0.3, -0.25) is 4.90 Å². The van der Waals surface area contributed by atoms with Gasteiger partial charge in [0, 0.05) is 26.9 Å². The van der Waals surface area contributed by atoms with Crippen molar-refractivity contribution in [3.8, 4) is 0 Å². The second-order valence-corrected chi connectivity index (χ2v) is 4.68. The lowest BCUT2D eigenvalue weighted by molar-refractivity contribution is -0.933. The first-order chi connectivity index (χ1) is 5.27. The summed E-state index contributed by atoms with van der Waals surface area (Å²) in [6.45, 7) is 11.3. The maximum absolute atomic E-state index is 2.49. The van der Waals surface area contributed by atoms with Crippen LogP contribution < -0.4 is 0 Å². The Morgan fingerprint density at radius 1 is 1.00 bits per heavy atom. The van der Waals surface area contributed by atoms with Gasteiger partial charge in [0.15, 0.2) is 0 Å². The molecule has 2 heteroatoms.